The van der Waals surface area contributed by atoms with Gasteiger partial charge in [-0.25, -0.2) is 0 Å². The van der Waals surface area contributed by atoms with Gasteiger partial charge in [0.2, 0.25) is 5.91 Å². The Bertz CT molecular complexity index is 636. The molecule has 0 fully saturated rings. The fraction of sp³-hybridized carbons (Fsp3) is 0.235. The van der Waals surface area contributed by atoms with Crippen LogP contribution in [0.15, 0.2) is 48.5 Å². The first kappa shape index (κ1) is 12.9. The largest absolute Gasteiger partial charge is 0.366 e. The summed E-state index contributed by atoms with van der Waals surface area (Å²) in [5.74, 6) is 0.225. The van der Waals surface area contributed by atoms with E-state index in [0.29, 0.717) is 18.0 Å². The molecular formula is C17H18N2O. The second-order valence-corrected chi connectivity index (χ2v) is 5.25. The average molecular weight is 266 g/mol. The van der Waals surface area contributed by atoms with E-state index in [1.54, 1.807) is 6.07 Å². The molecule has 102 valence electrons. The Morgan fingerprint density at radius 2 is 1.90 bits per heavy atom. The third kappa shape index (κ3) is 2.45. The minimum Gasteiger partial charge on any atom is -0.366 e. The minimum absolute atomic E-state index is 0.364. The highest BCUT2D eigenvalue weighted by Gasteiger charge is 2.24. The number of nitrogens with two attached hydrogens (primary N) is 1. The quantitative estimate of drug-likeness (QED) is 0.872. The molecule has 0 radical (unpaired) electrons. The molecular weight excluding hydrogens is 248 g/mol. The number of hydrogen-bond donors (Lipinski definition) is 2. The molecule has 0 spiro atoms. The molecule has 0 saturated carbocycles. The summed E-state index contributed by atoms with van der Waals surface area (Å²) in [6, 6.07) is 16.1. The van der Waals surface area contributed by atoms with Crippen LogP contribution in [0.3, 0.4) is 0 Å². The second-order valence-electron chi connectivity index (χ2n) is 5.25. The maximum atomic E-state index is 11.3. The minimum atomic E-state index is -0.364. The Kier molecular flexibility index (Phi) is 3.52. The Hall–Kier alpha value is -2.13. The van der Waals surface area contributed by atoms with Crippen LogP contribution in [0.1, 0.15) is 33.0 Å². The van der Waals surface area contributed by atoms with Gasteiger partial charge < -0.3 is 11.1 Å². The fourth-order valence-corrected chi connectivity index (χ4v) is 2.84. The lowest BCUT2D eigenvalue weighted by molar-refractivity contribution is 0.0999. The summed E-state index contributed by atoms with van der Waals surface area (Å²) in [5.41, 5.74) is 9.85. The summed E-state index contributed by atoms with van der Waals surface area (Å²) in [6.45, 7) is 1.61. The molecule has 0 saturated heterocycles. The van der Waals surface area contributed by atoms with Crippen molar-refractivity contribution in [3.05, 3.63) is 70.8 Å². The predicted molar refractivity (Wildman–Crippen MR) is 79.6 cm³/mol. The number of benzene rings is 2. The van der Waals surface area contributed by atoms with Gasteiger partial charge in [-0.05, 0) is 29.2 Å². The molecule has 1 amide bonds. The molecule has 1 atom stereocenters. The third-order valence-corrected chi connectivity index (χ3v) is 3.95. The number of hydrogen-bond acceptors (Lipinski definition) is 2. The molecule has 20 heavy (non-hydrogen) atoms. The molecule has 2 aromatic rings. The number of primary amides is 1. The van der Waals surface area contributed by atoms with E-state index in [4.69, 9.17) is 5.73 Å². The number of carbonyl (C=O) groups is 1. The van der Waals surface area contributed by atoms with E-state index in [1.807, 2.05) is 18.2 Å². The Labute approximate surface area is 118 Å². The van der Waals surface area contributed by atoms with Crippen molar-refractivity contribution in [2.75, 3.05) is 6.54 Å². The Balaban J connectivity index is 1.58. The van der Waals surface area contributed by atoms with Crippen molar-refractivity contribution < 1.29 is 4.79 Å². The number of rotatable bonds is 5. The lowest BCUT2D eigenvalue weighted by Crippen LogP contribution is -2.29. The summed E-state index contributed by atoms with van der Waals surface area (Å²) in [4.78, 5) is 11.3. The number of amides is 1. The molecule has 0 heterocycles. The predicted octanol–water partition coefficient (Wildman–Crippen LogP) is 2.21. The van der Waals surface area contributed by atoms with Gasteiger partial charge in [0, 0.05) is 24.6 Å². The molecule has 1 aliphatic rings. The van der Waals surface area contributed by atoms with Crippen LogP contribution in [0.5, 0.6) is 0 Å². The van der Waals surface area contributed by atoms with Crippen molar-refractivity contribution >= 4 is 5.91 Å². The highest BCUT2D eigenvalue weighted by Crippen LogP contribution is 2.34. The smallest absolute Gasteiger partial charge is 0.249 e. The average Bonchev–Trinajstić information content (AvgIpc) is 2.44. The van der Waals surface area contributed by atoms with Gasteiger partial charge in [-0.15, -0.1) is 0 Å². The fourth-order valence-electron chi connectivity index (χ4n) is 2.84. The topological polar surface area (TPSA) is 55.1 Å². The van der Waals surface area contributed by atoms with Gasteiger partial charge in [0.25, 0.3) is 0 Å². The monoisotopic (exact) mass is 266 g/mol. The molecule has 0 aliphatic heterocycles. The molecule has 3 heteroatoms. The molecule has 2 aromatic carbocycles. The molecule has 1 unspecified atom stereocenters. The standard InChI is InChI=1S/C17H18N2O/c18-17(20)16-8-4-2-6-13(16)10-19-11-14-9-12-5-1-3-7-15(12)14/h1-8,14,19H,9-11H2,(H2,18,20). The summed E-state index contributed by atoms with van der Waals surface area (Å²) in [7, 11) is 0. The molecule has 3 nitrogen and oxygen atoms in total. The number of fused-ring (bicyclic) bond motifs is 1. The first-order chi connectivity index (χ1) is 9.75. The van der Waals surface area contributed by atoms with Crippen molar-refractivity contribution in [3.63, 3.8) is 0 Å². The van der Waals surface area contributed by atoms with Crippen LogP contribution < -0.4 is 11.1 Å². The highest BCUT2D eigenvalue weighted by atomic mass is 16.1. The van der Waals surface area contributed by atoms with E-state index in [2.05, 4.69) is 29.6 Å². The van der Waals surface area contributed by atoms with E-state index < -0.39 is 0 Å². The van der Waals surface area contributed by atoms with Crippen LogP contribution in [0, 0.1) is 0 Å². The van der Waals surface area contributed by atoms with Crippen molar-refractivity contribution in [3.8, 4) is 0 Å². The first-order valence-electron chi connectivity index (χ1n) is 6.92. The molecule has 3 rings (SSSR count). The van der Waals surface area contributed by atoms with Crippen LogP contribution in [0.4, 0.5) is 0 Å². The zero-order chi connectivity index (χ0) is 13.9. The lowest BCUT2D eigenvalue weighted by atomic mass is 9.77. The van der Waals surface area contributed by atoms with E-state index in [1.165, 1.54) is 11.1 Å². The maximum absolute atomic E-state index is 11.3. The van der Waals surface area contributed by atoms with Gasteiger partial charge in [0.1, 0.15) is 0 Å². The van der Waals surface area contributed by atoms with E-state index >= 15 is 0 Å². The number of carbonyl (C=O) groups excluding carboxylic acids is 1. The van der Waals surface area contributed by atoms with Gasteiger partial charge in [0.15, 0.2) is 0 Å². The first-order valence-corrected chi connectivity index (χ1v) is 6.92. The van der Waals surface area contributed by atoms with Gasteiger partial charge in [-0.2, -0.15) is 0 Å². The summed E-state index contributed by atoms with van der Waals surface area (Å²) in [5, 5.41) is 3.43. The second kappa shape index (κ2) is 5.47. The van der Waals surface area contributed by atoms with Crippen LogP contribution in [0.25, 0.3) is 0 Å². The summed E-state index contributed by atoms with van der Waals surface area (Å²) >= 11 is 0. The maximum Gasteiger partial charge on any atom is 0.249 e. The van der Waals surface area contributed by atoms with Crippen molar-refractivity contribution in [1.29, 1.82) is 0 Å². The van der Waals surface area contributed by atoms with Crippen molar-refractivity contribution in [2.24, 2.45) is 5.73 Å². The van der Waals surface area contributed by atoms with Gasteiger partial charge in [-0.3, -0.25) is 4.79 Å². The van der Waals surface area contributed by atoms with Crippen LogP contribution >= 0.6 is 0 Å². The zero-order valence-corrected chi connectivity index (χ0v) is 11.3. The van der Waals surface area contributed by atoms with Gasteiger partial charge in [0.05, 0.1) is 0 Å². The number of nitrogens with one attached hydrogen (secondary N) is 1. The van der Waals surface area contributed by atoms with Crippen molar-refractivity contribution in [1.82, 2.24) is 5.32 Å². The molecule has 0 bridgehead atoms. The van der Waals surface area contributed by atoms with Gasteiger partial charge >= 0.3 is 0 Å². The third-order valence-electron chi connectivity index (χ3n) is 3.95. The molecule has 1 aliphatic carbocycles. The molecule has 3 N–H and O–H groups in total. The van der Waals surface area contributed by atoms with Crippen LogP contribution in [-0.2, 0) is 13.0 Å². The highest BCUT2D eigenvalue weighted by molar-refractivity contribution is 5.94. The summed E-state index contributed by atoms with van der Waals surface area (Å²) < 4.78 is 0. The summed E-state index contributed by atoms with van der Waals surface area (Å²) in [6.07, 6.45) is 1.14. The van der Waals surface area contributed by atoms with E-state index in [-0.39, 0.29) is 5.91 Å². The molecule has 0 aromatic heterocycles. The van der Waals surface area contributed by atoms with E-state index in [9.17, 15) is 4.79 Å². The van der Waals surface area contributed by atoms with Crippen LogP contribution in [0.2, 0.25) is 0 Å². The lowest BCUT2D eigenvalue weighted by Gasteiger charge is -2.30. The van der Waals surface area contributed by atoms with Gasteiger partial charge in [-0.1, -0.05) is 42.5 Å². The Morgan fingerprint density at radius 1 is 1.15 bits per heavy atom. The Morgan fingerprint density at radius 3 is 2.70 bits per heavy atom. The normalized spacial score (nSPS) is 16.3. The van der Waals surface area contributed by atoms with E-state index in [0.717, 1.165) is 18.5 Å². The zero-order valence-electron chi connectivity index (χ0n) is 11.3. The van der Waals surface area contributed by atoms with Crippen LogP contribution in [-0.4, -0.2) is 12.5 Å². The van der Waals surface area contributed by atoms with Crippen molar-refractivity contribution in [2.45, 2.75) is 18.9 Å². The SMILES string of the molecule is NC(=O)c1ccccc1CNCC1Cc2ccccc21.